The molecule has 1 aromatic heterocycles. The molecule has 0 radical (unpaired) electrons. The van der Waals surface area contributed by atoms with Gasteiger partial charge in [0.25, 0.3) is 0 Å². The quantitative estimate of drug-likeness (QED) is 0.881. The third-order valence-electron chi connectivity index (χ3n) is 5.08. The zero-order valence-corrected chi connectivity index (χ0v) is 13.1. The van der Waals surface area contributed by atoms with Crippen LogP contribution in [-0.2, 0) is 16.0 Å². The fourth-order valence-electron chi connectivity index (χ4n) is 3.83. The molecule has 1 N–H and O–H groups in total. The van der Waals surface area contributed by atoms with E-state index in [1.807, 2.05) is 24.4 Å². The van der Waals surface area contributed by atoms with Gasteiger partial charge in [-0.05, 0) is 37.4 Å². The van der Waals surface area contributed by atoms with Gasteiger partial charge in [0.15, 0.2) is 0 Å². The van der Waals surface area contributed by atoms with Gasteiger partial charge in [0.1, 0.15) is 0 Å². The monoisotopic (exact) mass is 311 g/mol. The number of nitrogens with zero attached hydrogens (tertiary/aromatic N) is 2. The number of hydrogen-bond donors (Lipinski definition) is 1. The summed E-state index contributed by atoms with van der Waals surface area (Å²) in [7, 11) is 0. The lowest BCUT2D eigenvalue weighted by Gasteiger charge is -2.41. The van der Waals surface area contributed by atoms with Crippen LogP contribution < -0.4 is 0 Å². The predicted octanol–water partition coefficient (Wildman–Crippen LogP) is 1.93. The van der Waals surface area contributed by atoms with Gasteiger partial charge >= 0.3 is 0 Å². The maximum atomic E-state index is 12.6. The summed E-state index contributed by atoms with van der Waals surface area (Å²) in [5.41, 5.74) is 2.25. The first kappa shape index (κ1) is 14.5. The Labute approximate surface area is 135 Å². The largest absolute Gasteiger partial charge is 0.361 e. The van der Waals surface area contributed by atoms with Gasteiger partial charge < -0.3 is 4.98 Å². The van der Waals surface area contributed by atoms with E-state index < -0.39 is 0 Å². The van der Waals surface area contributed by atoms with Crippen LogP contribution in [-0.4, -0.2) is 52.3 Å². The summed E-state index contributed by atoms with van der Waals surface area (Å²) >= 11 is 0. The molecule has 3 heterocycles. The Balaban J connectivity index is 1.49. The lowest BCUT2D eigenvalue weighted by atomic mass is 9.98. The molecule has 2 fully saturated rings. The molecule has 0 aliphatic carbocycles. The molecular weight excluding hydrogens is 290 g/mol. The second-order valence-electron chi connectivity index (χ2n) is 6.48. The zero-order valence-electron chi connectivity index (χ0n) is 13.1. The van der Waals surface area contributed by atoms with E-state index in [2.05, 4.69) is 16.0 Å². The number of para-hydroxylation sites is 1. The number of piperazine rings is 1. The van der Waals surface area contributed by atoms with E-state index in [4.69, 9.17) is 0 Å². The number of piperidine rings is 1. The molecule has 0 saturated carbocycles. The number of aromatic amines is 1. The van der Waals surface area contributed by atoms with E-state index in [9.17, 15) is 9.59 Å². The topological polar surface area (TPSA) is 56.4 Å². The van der Waals surface area contributed by atoms with Gasteiger partial charge in [-0.15, -0.1) is 0 Å². The number of imide groups is 1. The highest BCUT2D eigenvalue weighted by atomic mass is 16.2. The number of benzene rings is 1. The Morgan fingerprint density at radius 3 is 2.96 bits per heavy atom. The lowest BCUT2D eigenvalue weighted by molar-refractivity contribution is -0.157. The lowest BCUT2D eigenvalue weighted by Crippen LogP contribution is -2.61. The van der Waals surface area contributed by atoms with Crippen LogP contribution in [0.15, 0.2) is 30.5 Å². The van der Waals surface area contributed by atoms with Crippen molar-refractivity contribution < 1.29 is 9.59 Å². The number of aromatic nitrogens is 1. The Morgan fingerprint density at radius 1 is 1.17 bits per heavy atom. The second-order valence-corrected chi connectivity index (χ2v) is 6.48. The van der Waals surface area contributed by atoms with Crippen LogP contribution in [0.2, 0.25) is 0 Å². The van der Waals surface area contributed by atoms with E-state index in [1.165, 1.54) is 10.3 Å². The van der Waals surface area contributed by atoms with Gasteiger partial charge in [0.05, 0.1) is 12.6 Å². The minimum absolute atomic E-state index is 0.000733. The van der Waals surface area contributed by atoms with Crippen LogP contribution >= 0.6 is 0 Å². The van der Waals surface area contributed by atoms with Crippen molar-refractivity contribution in [2.75, 3.05) is 19.6 Å². The van der Waals surface area contributed by atoms with Crippen LogP contribution in [0.5, 0.6) is 0 Å². The van der Waals surface area contributed by atoms with Crippen LogP contribution in [0, 0.1) is 0 Å². The average molecular weight is 311 g/mol. The van der Waals surface area contributed by atoms with Crippen molar-refractivity contribution in [2.24, 2.45) is 0 Å². The first-order valence-corrected chi connectivity index (χ1v) is 8.37. The second kappa shape index (κ2) is 5.81. The molecule has 2 aromatic rings. The first-order chi connectivity index (χ1) is 11.2. The van der Waals surface area contributed by atoms with Crippen molar-refractivity contribution in [3.8, 4) is 0 Å². The number of H-pyrrole nitrogens is 1. The number of hydrogen-bond acceptors (Lipinski definition) is 3. The van der Waals surface area contributed by atoms with E-state index in [1.54, 1.807) is 0 Å². The number of rotatable bonds is 3. The fourth-order valence-corrected chi connectivity index (χ4v) is 3.83. The maximum absolute atomic E-state index is 12.6. The first-order valence-electron chi connectivity index (χ1n) is 8.37. The summed E-state index contributed by atoms with van der Waals surface area (Å²) in [5, 5.41) is 1.17. The maximum Gasteiger partial charge on any atom is 0.246 e. The molecule has 2 aliphatic heterocycles. The summed E-state index contributed by atoms with van der Waals surface area (Å²) in [5.74, 6) is -0.0474. The highest BCUT2D eigenvalue weighted by Gasteiger charge is 2.40. The molecule has 5 heteroatoms. The Kier molecular flexibility index (Phi) is 3.65. The number of nitrogens with one attached hydrogen (secondary N) is 1. The summed E-state index contributed by atoms with van der Waals surface area (Å²) in [6.45, 7) is 1.74. The molecule has 2 aliphatic rings. The summed E-state index contributed by atoms with van der Waals surface area (Å²) in [6, 6.07) is 8.04. The smallest absolute Gasteiger partial charge is 0.246 e. The molecule has 0 bridgehead atoms. The van der Waals surface area contributed by atoms with Crippen LogP contribution in [0.25, 0.3) is 10.9 Å². The zero-order chi connectivity index (χ0) is 15.8. The molecule has 0 unspecified atom stereocenters. The van der Waals surface area contributed by atoms with Crippen molar-refractivity contribution in [1.82, 2.24) is 14.8 Å². The summed E-state index contributed by atoms with van der Waals surface area (Å²) in [6.07, 6.45) is 5.74. The Bertz CT molecular complexity index is 752. The predicted molar refractivity (Wildman–Crippen MR) is 87.9 cm³/mol. The molecule has 1 aromatic carbocycles. The highest BCUT2D eigenvalue weighted by molar-refractivity contribution is 6.01. The minimum Gasteiger partial charge on any atom is -0.361 e. The Morgan fingerprint density at radius 2 is 2.04 bits per heavy atom. The normalized spacial score (nSPS) is 22.6. The molecule has 23 heavy (non-hydrogen) atoms. The van der Waals surface area contributed by atoms with Gasteiger partial charge in [-0.25, -0.2) is 0 Å². The summed E-state index contributed by atoms with van der Waals surface area (Å²) in [4.78, 5) is 31.8. The molecule has 4 rings (SSSR count). The van der Waals surface area contributed by atoms with E-state index in [0.717, 1.165) is 36.9 Å². The van der Waals surface area contributed by atoms with Crippen molar-refractivity contribution in [1.29, 1.82) is 0 Å². The van der Waals surface area contributed by atoms with Crippen molar-refractivity contribution in [3.05, 3.63) is 36.0 Å². The molecule has 120 valence electrons. The third kappa shape index (κ3) is 2.55. The molecule has 1 atom stereocenters. The number of carbonyl (C=O) groups excluding carboxylic acids is 2. The van der Waals surface area contributed by atoms with Crippen LogP contribution in [0.4, 0.5) is 0 Å². The van der Waals surface area contributed by atoms with Crippen molar-refractivity contribution in [2.45, 2.75) is 31.7 Å². The average Bonchev–Trinajstić information content (AvgIpc) is 2.98. The van der Waals surface area contributed by atoms with Crippen LogP contribution in [0.3, 0.4) is 0 Å². The minimum atomic E-state index is -0.0792. The molecule has 2 saturated heterocycles. The van der Waals surface area contributed by atoms with Gasteiger partial charge in [0, 0.05) is 23.6 Å². The molecule has 0 spiro atoms. The standard InChI is InChI=1S/C18H21N3O2/c22-17-12-20-9-4-3-7-16(20)18(23)21(17)10-8-13-11-19-15-6-2-1-5-14(13)15/h1-2,5-6,11,16,19H,3-4,7-10,12H2/t16-/m0/s1. The number of carbonyl (C=O) groups is 2. The third-order valence-corrected chi connectivity index (χ3v) is 5.08. The van der Waals surface area contributed by atoms with Gasteiger partial charge in [0.2, 0.25) is 11.8 Å². The SMILES string of the molecule is O=C1CN2CCCC[C@H]2C(=O)N1CCc1c[nH]c2ccccc12. The number of fused-ring (bicyclic) bond motifs is 2. The van der Waals surface area contributed by atoms with E-state index in [-0.39, 0.29) is 17.9 Å². The van der Waals surface area contributed by atoms with E-state index in [0.29, 0.717) is 19.5 Å². The fraction of sp³-hybridized carbons (Fsp3) is 0.444. The summed E-state index contributed by atoms with van der Waals surface area (Å²) < 4.78 is 0. The highest BCUT2D eigenvalue weighted by Crippen LogP contribution is 2.24. The number of amides is 2. The van der Waals surface area contributed by atoms with Gasteiger partial charge in [-0.3, -0.25) is 19.4 Å². The van der Waals surface area contributed by atoms with E-state index >= 15 is 0 Å². The van der Waals surface area contributed by atoms with Crippen molar-refractivity contribution in [3.63, 3.8) is 0 Å². The molecule has 2 amide bonds. The van der Waals surface area contributed by atoms with Gasteiger partial charge in [-0.1, -0.05) is 24.6 Å². The molecular formula is C18H21N3O2. The molecule has 5 nitrogen and oxygen atoms in total. The van der Waals surface area contributed by atoms with Crippen LogP contribution in [0.1, 0.15) is 24.8 Å². The van der Waals surface area contributed by atoms with Crippen molar-refractivity contribution >= 4 is 22.7 Å². The Hall–Kier alpha value is -2.14. The van der Waals surface area contributed by atoms with Gasteiger partial charge in [-0.2, -0.15) is 0 Å².